The minimum absolute atomic E-state index is 0.0967. The summed E-state index contributed by atoms with van der Waals surface area (Å²) in [5.74, 6) is 0.302. The van der Waals surface area contributed by atoms with E-state index < -0.39 is 0 Å². The number of nitrogens with zero attached hydrogens (tertiary/aromatic N) is 1. The average molecular weight is 319 g/mol. The molecule has 1 heterocycles. The first-order chi connectivity index (χ1) is 11.8. The van der Waals surface area contributed by atoms with Crippen molar-refractivity contribution >= 4 is 5.78 Å². The van der Waals surface area contributed by atoms with Gasteiger partial charge in [-0.3, -0.25) is 4.79 Å². The third-order valence-electron chi connectivity index (χ3n) is 4.68. The monoisotopic (exact) mass is 319 g/mol. The van der Waals surface area contributed by atoms with Crippen LogP contribution >= 0.6 is 0 Å². The van der Waals surface area contributed by atoms with Crippen LogP contribution in [0.15, 0.2) is 54.6 Å². The van der Waals surface area contributed by atoms with E-state index in [9.17, 15) is 10.1 Å². The van der Waals surface area contributed by atoms with Crippen molar-refractivity contribution < 1.29 is 9.53 Å². The summed E-state index contributed by atoms with van der Waals surface area (Å²) in [6.07, 6.45) is 1.87. The van der Waals surface area contributed by atoms with Crippen LogP contribution in [0.3, 0.4) is 0 Å². The lowest BCUT2D eigenvalue weighted by Gasteiger charge is -2.36. The third kappa shape index (κ3) is 3.05. The van der Waals surface area contributed by atoms with Gasteiger partial charge in [0.2, 0.25) is 0 Å². The highest BCUT2D eigenvalue weighted by atomic mass is 16.5. The number of Topliss-reactive ketones (excluding diaryl/α,β-unsaturated/α-hetero) is 1. The van der Waals surface area contributed by atoms with Gasteiger partial charge in [-0.15, -0.1) is 0 Å². The molecule has 3 rings (SSSR count). The van der Waals surface area contributed by atoms with Gasteiger partial charge < -0.3 is 4.74 Å². The minimum atomic E-state index is -0.318. The van der Waals surface area contributed by atoms with Crippen molar-refractivity contribution in [3.63, 3.8) is 0 Å². The van der Waals surface area contributed by atoms with Gasteiger partial charge in [-0.05, 0) is 24.1 Å². The van der Waals surface area contributed by atoms with Crippen LogP contribution in [0.25, 0.3) is 0 Å². The lowest BCUT2D eigenvalue weighted by Crippen LogP contribution is -2.41. The summed E-state index contributed by atoms with van der Waals surface area (Å²) in [6.45, 7) is 2.09. The van der Waals surface area contributed by atoms with Crippen LogP contribution in [0.2, 0.25) is 0 Å². The Morgan fingerprint density at radius 1 is 1.12 bits per heavy atom. The van der Waals surface area contributed by atoms with Crippen molar-refractivity contribution in [2.24, 2.45) is 5.92 Å². The maximum absolute atomic E-state index is 13.2. The summed E-state index contributed by atoms with van der Waals surface area (Å²) in [7, 11) is 0. The van der Waals surface area contributed by atoms with Crippen LogP contribution in [0.1, 0.15) is 48.0 Å². The van der Waals surface area contributed by atoms with Gasteiger partial charge in [0.1, 0.15) is 11.9 Å². The number of nitriles is 1. The van der Waals surface area contributed by atoms with E-state index in [2.05, 4.69) is 13.0 Å². The molecule has 2 aromatic rings. The molecule has 3 heteroatoms. The third-order valence-corrected chi connectivity index (χ3v) is 4.68. The molecule has 0 saturated heterocycles. The van der Waals surface area contributed by atoms with Gasteiger partial charge in [-0.25, -0.2) is 0 Å². The molecule has 0 bridgehead atoms. The molecule has 3 unspecified atom stereocenters. The van der Waals surface area contributed by atoms with E-state index in [4.69, 9.17) is 4.74 Å². The summed E-state index contributed by atoms with van der Waals surface area (Å²) in [5, 5.41) is 9.32. The van der Waals surface area contributed by atoms with E-state index in [1.807, 2.05) is 54.6 Å². The predicted octanol–water partition coefficient (Wildman–Crippen LogP) is 4.74. The van der Waals surface area contributed by atoms with Crippen LogP contribution in [0.4, 0.5) is 0 Å². The molecule has 1 aliphatic rings. The minimum Gasteiger partial charge on any atom is -0.489 e. The fourth-order valence-corrected chi connectivity index (χ4v) is 3.57. The Hall–Kier alpha value is -2.60. The molecule has 0 saturated carbocycles. The quantitative estimate of drug-likeness (QED) is 0.799. The molecule has 0 aliphatic carbocycles. The van der Waals surface area contributed by atoms with Crippen LogP contribution in [-0.4, -0.2) is 11.9 Å². The van der Waals surface area contributed by atoms with E-state index in [1.165, 1.54) is 0 Å². The second kappa shape index (κ2) is 7.31. The van der Waals surface area contributed by atoms with E-state index in [1.54, 1.807) is 0 Å². The molecule has 3 atom stereocenters. The molecule has 0 aromatic heterocycles. The largest absolute Gasteiger partial charge is 0.489 e. The molecule has 0 radical (unpaired) electrons. The number of benzene rings is 2. The van der Waals surface area contributed by atoms with Crippen molar-refractivity contribution in [3.8, 4) is 11.8 Å². The van der Waals surface area contributed by atoms with E-state index in [-0.39, 0.29) is 23.7 Å². The topological polar surface area (TPSA) is 50.1 Å². The second-order valence-electron chi connectivity index (χ2n) is 6.21. The standard InChI is InChI=1S/C21H21NO2/c1-2-8-19-20(16(13-14-22)15-9-4-3-5-10-15)21(23)17-11-6-7-12-18(17)24-19/h3-7,9-12,16,19-20H,2,8,13H2,1H3. The lowest BCUT2D eigenvalue weighted by atomic mass is 9.74. The van der Waals surface area contributed by atoms with Gasteiger partial charge in [-0.1, -0.05) is 55.8 Å². The highest BCUT2D eigenvalue weighted by molar-refractivity contribution is 6.02. The predicted molar refractivity (Wildman–Crippen MR) is 93.0 cm³/mol. The Labute approximate surface area is 142 Å². The molecular formula is C21H21NO2. The number of para-hydroxylation sites is 1. The van der Waals surface area contributed by atoms with Gasteiger partial charge in [0.25, 0.3) is 0 Å². The van der Waals surface area contributed by atoms with Gasteiger partial charge in [0, 0.05) is 12.3 Å². The molecule has 3 nitrogen and oxygen atoms in total. The first-order valence-corrected chi connectivity index (χ1v) is 8.48. The number of ether oxygens (including phenoxy) is 1. The zero-order valence-corrected chi connectivity index (χ0v) is 13.8. The van der Waals surface area contributed by atoms with Crippen molar-refractivity contribution in [2.75, 3.05) is 0 Å². The van der Waals surface area contributed by atoms with Gasteiger partial charge in [-0.2, -0.15) is 5.26 Å². The van der Waals surface area contributed by atoms with Crippen molar-refractivity contribution in [1.29, 1.82) is 5.26 Å². The first kappa shape index (κ1) is 16.3. The maximum atomic E-state index is 13.2. The van der Waals surface area contributed by atoms with Crippen LogP contribution in [-0.2, 0) is 0 Å². The molecule has 24 heavy (non-hydrogen) atoms. The maximum Gasteiger partial charge on any atom is 0.174 e. The second-order valence-corrected chi connectivity index (χ2v) is 6.21. The lowest BCUT2D eigenvalue weighted by molar-refractivity contribution is 0.0571. The van der Waals surface area contributed by atoms with Crippen molar-refractivity contribution in [2.45, 2.75) is 38.2 Å². The van der Waals surface area contributed by atoms with Gasteiger partial charge in [0.15, 0.2) is 5.78 Å². The summed E-state index contributed by atoms with van der Waals surface area (Å²) < 4.78 is 6.17. The number of fused-ring (bicyclic) bond motifs is 1. The number of carbonyl (C=O) groups excluding carboxylic acids is 1. The molecule has 0 spiro atoms. The SMILES string of the molecule is CCCC1Oc2ccccc2C(=O)C1C(CC#N)c1ccccc1. The number of ketones is 1. The summed E-state index contributed by atoms with van der Waals surface area (Å²) in [6, 6.07) is 19.5. The zero-order valence-electron chi connectivity index (χ0n) is 13.8. The number of carbonyl (C=O) groups is 1. The molecule has 0 fully saturated rings. The molecule has 1 aliphatic heterocycles. The van der Waals surface area contributed by atoms with Gasteiger partial charge >= 0.3 is 0 Å². The Kier molecular flexibility index (Phi) is 4.96. The van der Waals surface area contributed by atoms with E-state index in [0.29, 0.717) is 17.7 Å². The van der Waals surface area contributed by atoms with E-state index >= 15 is 0 Å². The van der Waals surface area contributed by atoms with Crippen molar-refractivity contribution in [3.05, 3.63) is 65.7 Å². The van der Waals surface area contributed by atoms with Crippen LogP contribution in [0, 0.1) is 17.2 Å². The Morgan fingerprint density at radius 3 is 2.54 bits per heavy atom. The van der Waals surface area contributed by atoms with Gasteiger partial charge in [0.05, 0.1) is 17.6 Å². The first-order valence-electron chi connectivity index (χ1n) is 8.48. The number of hydrogen-bond donors (Lipinski definition) is 0. The molecule has 2 aromatic carbocycles. The number of hydrogen-bond acceptors (Lipinski definition) is 3. The number of rotatable bonds is 5. The van der Waals surface area contributed by atoms with Crippen molar-refractivity contribution in [1.82, 2.24) is 0 Å². The fourth-order valence-electron chi connectivity index (χ4n) is 3.57. The summed E-state index contributed by atoms with van der Waals surface area (Å²) in [4.78, 5) is 13.2. The van der Waals surface area contributed by atoms with Crippen LogP contribution < -0.4 is 4.74 Å². The molecule has 0 amide bonds. The smallest absolute Gasteiger partial charge is 0.174 e. The Bertz CT molecular complexity index is 748. The highest BCUT2D eigenvalue weighted by Crippen LogP contribution is 2.41. The molecule has 122 valence electrons. The summed E-state index contributed by atoms with van der Waals surface area (Å²) in [5.41, 5.74) is 1.66. The van der Waals surface area contributed by atoms with Crippen LogP contribution in [0.5, 0.6) is 5.75 Å². The fraction of sp³-hybridized carbons (Fsp3) is 0.333. The highest BCUT2D eigenvalue weighted by Gasteiger charge is 2.41. The zero-order chi connectivity index (χ0) is 16.9. The molecule has 0 N–H and O–H groups in total. The Balaban J connectivity index is 2.04. The van der Waals surface area contributed by atoms with E-state index in [0.717, 1.165) is 18.4 Å². The Morgan fingerprint density at radius 2 is 1.83 bits per heavy atom. The summed E-state index contributed by atoms with van der Waals surface area (Å²) >= 11 is 0. The average Bonchev–Trinajstić information content (AvgIpc) is 2.62. The molecular weight excluding hydrogens is 298 g/mol. The normalized spacial score (nSPS) is 20.6.